The summed E-state index contributed by atoms with van der Waals surface area (Å²) < 4.78 is 18.2. The van der Waals surface area contributed by atoms with E-state index in [0.29, 0.717) is 0 Å². The molecule has 0 heterocycles. The van der Waals surface area contributed by atoms with Crippen LogP contribution < -0.4 is 0 Å². The van der Waals surface area contributed by atoms with Crippen molar-refractivity contribution in [2.75, 3.05) is 0 Å². The van der Waals surface area contributed by atoms with E-state index in [4.69, 9.17) is 9.05 Å². The zero-order chi connectivity index (χ0) is 2.71. The molecule has 0 N–H and O–H groups in total. The van der Waals surface area contributed by atoms with Crippen LogP contribution in [0.3, 0.4) is 0 Å². The van der Waals surface area contributed by atoms with E-state index in [-0.39, 0.29) is 48.1 Å². The Hall–Kier alpha value is 1.40. The summed E-state index contributed by atoms with van der Waals surface area (Å²) in [5.74, 6) is 0. The molecule has 5 heavy (non-hydrogen) atoms. The average molecular weight is 128 g/mol. The molecule has 0 bridgehead atoms. The van der Waals surface area contributed by atoms with Gasteiger partial charge in [0.25, 0.3) is 0 Å². The van der Waals surface area contributed by atoms with Crippen LogP contribution >= 0.6 is 0 Å². The van der Waals surface area contributed by atoms with Crippen LogP contribution in [0.2, 0.25) is 0 Å². The third-order valence-corrected chi connectivity index (χ3v) is 0. The van der Waals surface area contributed by atoms with E-state index < -0.39 is 0 Å². The fourth-order valence-electron chi connectivity index (χ4n) is 0. The third-order valence-electron chi connectivity index (χ3n) is 0. The van der Waals surface area contributed by atoms with Crippen molar-refractivity contribution in [3.05, 3.63) is 0 Å². The van der Waals surface area contributed by atoms with Crippen LogP contribution in [0.4, 0.5) is 9.05 Å². The van der Waals surface area contributed by atoms with E-state index in [2.05, 4.69) is 0 Å². The summed E-state index contributed by atoms with van der Waals surface area (Å²) in [7, 11) is 0. The molecule has 0 aromatic heterocycles. The summed E-state index contributed by atoms with van der Waals surface area (Å²) in [5.41, 5.74) is 0. The number of hydrogen-bond acceptors (Lipinski definition) is 1. The second-order valence-corrected chi connectivity index (χ2v) is 0.0583. The van der Waals surface area contributed by atoms with Gasteiger partial charge in [0, 0.05) is 53.3 Å². The molecule has 0 aromatic carbocycles. The Morgan fingerprint density at radius 2 is 1.20 bits per heavy atom. The van der Waals surface area contributed by atoms with Gasteiger partial charge >= 0.3 is 0 Å². The van der Waals surface area contributed by atoms with Crippen molar-refractivity contribution < 1.29 is 32.8 Å². The number of rotatable bonds is 0. The van der Waals surface area contributed by atoms with Crippen molar-refractivity contribution in [2.24, 2.45) is 0 Å². The van der Waals surface area contributed by atoms with E-state index in [0.717, 1.165) is 0 Å². The van der Waals surface area contributed by atoms with E-state index in [9.17, 15) is 0 Å². The van der Waals surface area contributed by atoms with Crippen LogP contribution in [-0.2, 0) is 23.7 Å². The Bertz CT molecular complexity index is 9.61. The molecule has 1 nitrogen and oxygen atoms in total. The Labute approximate surface area is 62.0 Å². The van der Waals surface area contributed by atoms with Gasteiger partial charge in [-0.25, -0.2) is 0 Å². The fraction of sp³-hybridized carbons (Fsp3) is 0. The topological polar surface area (TPSA) is 9.23 Å². The maximum atomic E-state index is 9.12. The summed E-state index contributed by atoms with van der Waals surface area (Å²) in [5, 5.41) is 1.25. The van der Waals surface area contributed by atoms with Gasteiger partial charge in [0.15, 0.2) is 0 Å². The maximum Gasteiger partial charge on any atom is 0.0209 e. The SMILES string of the molecule is FOF.[Na].[V]. The Balaban J connectivity index is -0.0000000200. The van der Waals surface area contributed by atoms with Gasteiger partial charge in [0.05, 0.1) is 0 Å². The first-order chi connectivity index (χ1) is 1.41. The molecule has 0 saturated carbocycles. The first-order valence-corrected chi connectivity index (χ1v) is 0.309. The molecule has 0 rings (SSSR count). The molecular formula is F2NaOV. The molecule has 0 aliphatic heterocycles. The molecule has 26 valence electrons. The monoisotopic (exact) mass is 128 g/mol. The minimum atomic E-state index is 0. The summed E-state index contributed by atoms with van der Waals surface area (Å²) in [4.78, 5) is 0. The van der Waals surface area contributed by atoms with Crippen molar-refractivity contribution in [3.63, 3.8) is 0 Å². The van der Waals surface area contributed by atoms with Gasteiger partial charge < -0.3 is 0 Å². The molecule has 0 spiro atoms. The minimum absolute atomic E-state index is 0. The quantitative estimate of drug-likeness (QED) is 0.428. The predicted molar refractivity (Wildman–Crippen MR) is 9.05 cm³/mol. The molecule has 5 heteroatoms. The van der Waals surface area contributed by atoms with Crippen LogP contribution in [-0.4, -0.2) is 29.6 Å². The summed E-state index contributed by atoms with van der Waals surface area (Å²) in [6.07, 6.45) is 0. The normalized spacial score (nSPS) is 3.60. The molecule has 2 radical (unpaired) electrons. The van der Waals surface area contributed by atoms with E-state index >= 15 is 0 Å². The van der Waals surface area contributed by atoms with Gasteiger partial charge in [-0.1, -0.05) is 0 Å². The molecule has 0 unspecified atom stereocenters. The van der Waals surface area contributed by atoms with Gasteiger partial charge in [-0.15, -0.1) is 0 Å². The smallest absolute Gasteiger partial charge is 0.0104 e. The van der Waals surface area contributed by atoms with Crippen molar-refractivity contribution in [1.82, 2.24) is 0 Å². The second-order valence-electron chi connectivity index (χ2n) is 0.0583. The summed E-state index contributed by atoms with van der Waals surface area (Å²) in [6, 6.07) is 0. The van der Waals surface area contributed by atoms with Crippen LogP contribution in [0, 0.1) is 0 Å². The minimum Gasteiger partial charge on any atom is -0.0104 e. The summed E-state index contributed by atoms with van der Waals surface area (Å²) in [6.45, 7) is 0. The van der Waals surface area contributed by atoms with Gasteiger partial charge in [0.2, 0.25) is 0 Å². The van der Waals surface area contributed by atoms with Gasteiger partial charge in [-0.05, 0) is 9.05 Å². The Kier molecular flexibility index (Phi) is 58.5. The zero-order valence-electron chi connectivity index (χ0n) is 2.61. The van der Waals surface area contributed by atoms with Crippen LogP contribution in [0.15, 0.2) is 0 Å². The standard InChI is InChI=1S/F2O.Na.V/c1-3-2;;. The molecule has 0 aromatic rings. The van der Waals surface area contributed by atoms with Crippen LogP contribution in [0.5, 0.6) is 0 Å². The number of hydrogen-bond donors (Lipinski definition) is 0. The molecule has 0 saturated heterocycles. The van der Waals surface area contributed by atoms with Gasteiger partial charge in [0.1, 0.15) is 0 Å². The maximum absolute atomic E-state index is 9.12. The van der Waals surface area contributed by atoms with Crippen molar-refractivity contribution in [3.8, 4) is 0 Å². The van der Waals surface area contributed by atoms with E-state index in [1.807, 2.05) is 0 Å². The summed E-state index contributed by atoms with van der Waals surface area (Å²) >= 11 is 0. The van der Waals surface area contributed by atoms with Crippen LogP contribution in [0.25, 0.3) is 0 Å². The Morgan fingerprint density at radius 1 is 1.20 bits per heavy atom. The van der Waals surface area contributed by atoms with Crippen molar-refractivity contribution >= 4 is 29.6 Å². The van der Waals surface area contributed by atoms with E-state index in [1.54, 1.807) is 0 Å². The van der Waals surface area contributed by atoms with Crippen LogP contribution in [0.1, 0.15) is 0 Å². The largest absolute Gasteiger partial charge is 0.0209 e. The number of halogens is 2. The molecule has 0 fully saturated rings. The molecule has 0 amide bonds. The van der Waals surface area contributed by atoms with E-state index in [1.165, 1.54) is 5.15 Å². The first-order valence-electron chi connectivity index (χ1n) is 0.309. The average Bonchev–Trinajstić information content (AvgIpc) is 0.918. The van der Waals surface area contributed by atoms with Gasteiger partial charge in [-0.3, -0.25) is 0 Å². The van der Waals surface area contributed by atoms with Crippen molar-refractivity contribution in [2.45, 2.75) is 0 Å². The predicted octanol–water partition coefficient (Wildman–Crippen LogP) is 0.389. The molecule has 0 aliphatic rings. The molecule has 0 atom stereocenters. The first kappa shape index (κ1) is 16.1. The van der Waals surface area contributed by atoms with Gasteiger partial charge in [-0.2, -0.15) is 0 Å². The second kappa shape index (κ2) is 18.1. The molecular weight excluding hydrogens is 128 g/mol. The zero-order valence-corrected chi connectivity index (χ0v) is 6.01. The van der Waals surface area contributed by atoms with Crippen molar-refractivity contribution in [1.29, 1.82) is 0 Å². The third kappa shape index (κ3) is 31.8. The molecule has 0 aliphatic carbocycles. The fourth-order valence-corrected chi connectivity index (χ4v) is 0. The Morgan fingerprint density at radius 3 is 1.20 bits per heavy atom.